The van der Waals surface area contributed by atoms with E-state index in [1.54, 1.807) is 6.20 Å². The molecule has 2 aromatic carbocycles. The summed E-state index contributed by atoms with van der Waals surface area (Å²) < 4.78 is 11.4. The van der Waals surface area contributed by atoms with Crippen LogP contribution in [0.25, 0.3) is 22.3 Å². The fourth-order valence-electron chi connectivity index (χ4n) is 3.79. The van der Waals surface area contributed by atoms with Crippen LogP contribution in [-0.2, 0) is 11.3 Å². The fraction of sp³-hybridized carbons (Fsp3) is 0.304. The van der Waals surface area contributed by atoms with Gasteiger partial charge in [-0.1, -0.05) is 0 Å². The van der Waals surface area contributed by atoms with Crippen molar-refractivity contribution < 1.29 is 9.47 Å². The van der Waals surface area contributed by atoms with Gasteiger partial charge < -0.3 is 19.8 Å². The van der Waals surface area contributed by atoms with Gasteiger partial charge >= 0.3 is 0 Å². The number of nitrogens with zero attached hydrogens (tertiary/aromatic N) is 2. The Morgan fingerprint density at radius 1 is 1.03 bits per heavy atom. The third-order valence-corrected chi connectivity index (χ3v) is 5.47. The lowest BCUT2D eigenvalue weighted by Gasteiger charge is -2.21. The van der Waals surface area contributed by atoms with Crippen LogP contribution in [0, 0.1) is 5.92 Å². The molecule has 154 valence electrons. The molecule has 0 amide bonds. The Balaban J connectivity index is 1.21. The van der Waals surface area contributed by atoms with Crippen molar-refractivity contribution in [1.82, 2.24) is 25.5 Å². The molecule has 0 spiro atoms. The molecule has 1 saturated heterocycles. The maximum Gasteiger partial charge on any atom is 0.129 e. The van der Waals surface area contributed by atoms with Crippen LogP contribution in [0.1, 0.15) is 18.7 Å². The summed E-state index contributed by atoms with van der Waals surface area (Å²) in [7, 11) is 0. The minimum Gasteiger partial charge on any atom is -0.457 e. The molecule has 30 heavy (non-hydrogen) atoms. The second-order valence-corrected chi connectivity index (χ2v) is 7.65. The summed E-state index contributed by atoms with van der Waals surface area (Å²) in [6.45, 7) is 3.50. The molecule has 2 aromatic heterocycles. The van der Waals surface area contributed by atoms with Gasteiger partial charge in [0.05, 0.1) is 23.3 Å². The molecule has 0 aliphatic carbocycles. The molecular weight excluding hydrogens is 378 g/mol. The molecule has 5 rings (SSSR count). The zero-order valence-electron chi connectivity index (χ0n) is 16.7. The molecule has 7 heteroatoms. The van der Waals surface area contributed by atoms with Gasteiger partial charge in [0.25, 0.3) is 0 Å². The van der Waals surface area contributed by atoms with Gasteiger partial charge in [0.1, 0.15) is 17.3 Å². The van der Waals surface area contributed by atoms with E-state index < -0.39 is 0 Å². The molecule has 0 bridgehead atoms. The van der Waals surface area contributed by atoms with Crippen molar-refractivity contribution >= 4 is 11.0 Å². The van der Waals surface area contributed by atoms with E-state index in [1.807, 2.05) is 48.5 Å². The first-order valence-corrected chi connectivity index (χ1v) is 10.4. The zero-order chi connectivity index (χ0) is 20.2. The normalized spacial score (nSPS) is 14.9. The fourth-order valence-corrected chi connectivity index (χ4v) is 3.79. The van der Waals surface area contributed by atoms with Crippen molar-refractivity contribution in [1.29, 1.82) is 0 Å². The summed E-state index contributed by atoms with van der Waals surface area (Å²) in [5.74, 6) is 3.19. The number of aromatic nitrogens is 4. The van der Waals surface area contributed by atoms with E-state index in [-0.39, 0.29) is 0 Å². The van der Waals surface area contributed by atoms with Crippen molar-refractivity contribution in [3.05, 3.63) is 60.6 Å². The van der Waals surface area contributed by atoms with Crippen molar-refractivity contribution in [3.63, 3.8) is 0 Å². The van der Waals surface area contributed by atoms with Crippen molar-refractivity contribution in [3.8, 4) is 22.8 Å². The maximum atomic E-state index is 6.02. The highest BCUT2D eigenvalue weighted by molar-refractivity contribution is 5.77. The van der Waals surface area contributed by atoms with Gasteiger partial charge in [0, 0.05) is 25.5 Å². The highest BCUT2D eigenvalue weighted by atomic mass is 16.5. The third kappa shape index (κ3) is 4.37. The molecule has 0 atom stereocenters. The Labute approximate surface area is 174 Å². The number of aromatic amines is 2. The minimum absolute atomic E-state index is 0.697. The van der Waals surface area contributed by atoms with Crippen LogP contribution >= 0.6 is 0 Å². The van der Waals surface area contributed by atoms with Crippen LogP contribution in [0.5, 0.6) is 11.5 Å². The Morgan fingerprint density at radius 3 is 2.67 bits per heavy atom. The molecule has 4 aromatic rings. The number of hydrogen-bond acceptors (Lipinski definition) is 5. The molecule has 1 aliphatic heterocycles. The number of benzene rings is 2. The second kappa shape index (κ2) is 8.69. The van der Waals surface area contributed by atoms with E-state index in [1.165, 1.54) is 0 Å². The van der Waals surface area contributed by atoms with Gasteiger partial charge in [0.2, 0.25) is 0 Å². The summed E-state index contributed by atoms with van der Waals surface area (Å²) in [5, 5.41) is 10.5. The Bertz CT molecular complexity index is 1080. The molecule has 0 saturated carbocycles. The van der Waals surface area contributed by atoms with Crippen LogP contribution in [0.2, 0.25) is 0 Å². The molecule has 0 unspecified atom stereocenters. The van der Waals surface area contributed by atoms with Crippen LogP contribution in [0.15, 0.2) is 54.7 Å². The summed E-state index contributed by atoms with van der Waals surface area (Å²) >= 11 is 0. The number of H-pyrrole nitrogens is 2. The average molecular weight is 403 g/mol. The van der Waals surface area contributed by atoms with Gasteiger partial charge in [-0.15, -0.1) is 0 Å². The number of ether oxygens (including phenoxy) is 2. The summed E-state index contributed by atoms with van der Waals surface area (Å²) in [6, 6.07) is 15.8. The standard InChI is InChI=1S/C23H25N5O2/c1-3-18(4-2-17(1)20-7-10-25-28-20)30-19-5-6-21-22(13-19)27-23(26-21)15-24-14-16-8-11-29-12-9-16/h1-7,10,13,16,24H,8-9,11-12,14-15H2,(H,25,28)(H,26,27). The summed E-state index contributed by atoms with van der Waals surface area (Å²) in [6.07, 6.45) is 4.01. The van der Waals surface area contributed by atoms with Gasteiger partial charge in [-0.05, 0) is 73.3 Å². The zero-order valence-corrected chi connectivity index (χ0v) is 16.7. The molecule has 0 radical (unpaired) electrons. The average Bonchev–Trinajstić information content (AvgIpc) is 3.45. The third-order valence-electron chi connectivity index (χ3n) is 5.47. The van der Waals surface area contributed by atoms with E-state index in [4.69, 9.17) is 14.5 Å². The summed E-state index contributed by atoms with van der Waals surface area (Å²) in [5.41, 5.74) is 3.97. The molecule has 1 fully saturated rings. The Hall–Kier alpha value is -3.16. The Kier molecular flexibility index (Phi) is 5.46. The van der Waals surface area contributed by atoms with Crippen LogP contribution in [0.4, 0.5) is 0 Å². The number of rotatable bonds is 7. The van der Waals surface area contributed by atoms with E-state index in [2.05, 4.69) is 20.5 Å². The minimum atomic E-state index is 0.697. The van der Waals surface area contributed by atoms with E-state index in [9.17, 15) is 0 Å². The van der Waals surface area contributed by atoms with Gasteiger partial charge in [-0.3, -0.25) is 5.10 Å². The van der Waals surface area contributed by atoms with Gasteiger partial charge in [0.15, 0.2) is 0 Å². The number of fused-ring (bicyclic) bond motifs is 1. The molecule has 7 nitrogen and oxygen atoms in total. The quantitative estimate of drug-likeness (QED) is 0.429. The van der Waals surface area contributed by atoms with Crippen LogP contribution in [0.3, 0.4) is 0 Å². The predicted molar refractivity (Wildman–Crippen MR) is 115 cm³/mol. The highest BCUT2D eigenvalue weighted by Crippen LogP contribution is 2.27. The molecule has 3 N–H and O–H groups in total. The highest BCUT2D eigenvalue weighted by Gasteiger charge is 2.13. The van der Waals surface area contributed by atoms with E-state index in [0.29, 0.717) is 5.92 Å². The second-order valence-electron chi connectivity index (χ2n) is 7.65. The lowest BCUT2D eigenvalue weighted by molar-refractivity contribution is 0.0662. The monoisotopic (exact) mass is 403 g/mol. The molecule has 1 aliphatic rings. The van der Waals surface area contributed by atoms with Gasteiger partial charge in [-0.25, -0.2) is 4.98 Å². The van der Waals surface area contributed by atoms with Crippen LogP contribution in [-0.4, -0.2) is 39.9 Å². The number of nitrogens with one attached hydrogen (secondary N) is 3. The smallest absolute Gasteiger partial charge is 0.129 e. The van der Waals surface area contributed by atoms with Crippen LogP contribution < -0.4 is 10.1 Å². The van der Waals surface area contributed by atoms with E-state index >= 15 is 0 Å². The SMILES string of the molecule is c1cc(-c2ccc(Oc3ccc4[nH]c(CNCC5CCOCC5)nc4c3)cc2)[nH]n1. The maximum absolute atomic E-state index is 6.02. The first-order valence-electron chi connectivity index (χ1n) is 10.4. The van der Waals surface area contributed by atoms with E-state index in [0.717, 1.165) is 78.8 Å². The van der Waals surface area contributed by atoms with Crippen molar-refractivity contribution in [2.45, 2.75) is 19.4 Å². The number of hydrogen-bond donors (Lipinski definition) is 3. The first kappa shape index (κ1) is 18.8. The lowest BCUT2D eigenvalue weighted by Crippen LogP contribution is -2.27. The number of imidazole rings is 1. The summed E-state index contributed by atoms with van der Waals surface area (Å²) in [4.78, 5) is 8.10. The largest absolute Gasteiger partial charge is 0.457 e. The van der Waals surface area contributed by atoms with Crippen molar-refractivity contribution in [2.24, 2.45) is 5.92 Å². The molecule has 3 heterocycles. The first-order chi connectivity index (χ1) is 14.8. The Morgan fingerprint density at radius 2 is 1.87 bits per heavy atom. The molecular formula is C23H25N5O2. The lowest BCUT2D eigenvalue weighted by atomic mass is 10.0. The van der Waals surface area contributed by atoms with Gasteiger partial charge in [-0.2, -0.15) is 5.10 Å². The van der Waals surface area contributed by atoms with Crippen molar-refractivity contribution in [2.75, 3.05) is 19.8 Å². The predicted octanol–water partition coefficient (Wildman–Crippen LogP) is 4.26. The topological polar surface area (TPSA) is 87.9 Å².